The van der Waals surface area contributed by atoms with Crippen LogP contribution < -0.4 is 0 Å². The molecule has 0 radical (unpaired) electrons. The van der Waals surface area contributed by atoms with Crippen molar-refractivity contribution in [2.24, 2.45) is 0 Å². The van der Waals surface area contributed by atoms with Crippen LogP contribution in [-0.4, -0.2) is 0 Å². The molecule has 0 heterocycles. The highest BCUT2D eigenvalue weighted by molar-refractivity contribution is 9.15. The molecule has 0 saturated carbocycles. The van der Waals surface area contributed by atoms with Gasteiger partial charge in [-0.1, -0.05) is 42.5 Å². The first-order chi connectivity index (χ1) is 9.39. The van der Waals surface area contributed by atoms with E-state index < -0.39 is 17.6 Å². The van der Waals surface area contributed by atoms with E-state index in [1.165, 1.54) is 12.1 Å². The molecule has 2 aromatic rings. The van der Waals surface area contributed by atoms with Gasteiger partial charge >= 0.3 is 6.18 Å². The predicted molar refractivity (Wildman–Crippen MR) is 74.7 cm³/mol. The van der Waals surface area contributed by atoms with E-state index in [0.29, 0.717) is 5.56 Å². The molecule has 0 fully saturated rings. The van der Waals surface area contributed by atoms with Gasteiger partial charge in [-0.3, -0.25) is 0 Å². The summed E-state index contributed by atoms with van der Waals surface area (Å²) in [5.74, 6) is -0.734. The van der Waals surface area contributed by atoms with Gasteiger partial charge in [0.1, 0.15) is 5.83 Å². The van der Waals surface area contributed by atoms with Crippen molar-refractivity contribution in [3.63, 3.8) is 0 Å². The third kappa shape index (κ3) is 3.28. The zero-order chi connectivity index (χ0) is 14.8. The summed E-state index contributed by atoms with van der Waals surface area (Å²) in [4.78, 5) is 0. The normalized spacial score (nSPS) is 13.1. The van der Waals surface area contributed by atoms with Gasteiger partial charge in [0, 0.05) is 5.56 Å². The molecule has 0 aromatic heterocycles. The summed E-state index contributed by atoms with van der Waals surface area (Å²) in [6.45, 7) is 0. The maximum absolute atomic E-state index is 14.2. The quantitative estimate of drug-likeness (QED) is 0.470. The molecule has 104 valence electrons. The van der Waals surface area contributed by atoms with Crippen LogP contribution in [0.4, 0.5) is 17.6 Å². The van der Waals surface area contributed by atoms with Crippen molar-refractivity contribution in [1.82, 2.24) is 0 Å². The summed E-state index contributed by atoms with van der Waals surface area (Å²) in [5.41, 5.74) is -0.434. The second-order valence-corrected chi connectivity index (χ2v) is 4.87. The molecular weight excluding hydrogens is 336 g/mol. The topological polar surface area (TPSA) is 0 Å². The molecule has 20 heavy (non-hydrogen) atoms. The molecule has 0 spiro atoms. The summed E-state index contributed by atoms with van der Waals surface area (Å²) >= 11 is 3.09. The van der Waals surface area contributed by atoms with Crippen molar-refractivity contribution in [3.05, 3.63) is 71.3 Å². The first kappa shape index (κ1) is 14.8. The molecule has 0 bridgehead atoms. The monoisotopic (exact) mass is 344 g/mol. The molecule has 0 amide bonds. The van der Waals surface area contributed by atoms with E-state index in [0.717, 1.165) is 12.1 Å². The third-order valence-corrected chi connectivity index (χ3v) is 3.47. The summed E-state index contributed by atoms with van der Waals surface area (Å²) in [7, 11) is 0. The van der Waals surface area contributed by atoms with Gasteiger partial charge in [0.15, 0.2) is 0 Å². The van der Waals surface area contributed by atoms with Crippen LogP contribution in [0.3, 0.4) is 0 Å². The molecule has 0 atom stereocenters. The van der Waals surface area contributed by atoms with Crippen molar-refractivity contribution in [1.29, 1.82) is 0 Å². The third-order valence-electron chi connectivity index (χ3n) is 2.66. The molecule has 0 aliphatic rings. The Morgan fingerprint density at radius 1 is 0.850 bits per heavy atom. The first-order valence-electron chi connectivity index (χ1n) is 5.68. The molecule has 0 saturated heterocycles. The summed E-state index contributed by atoms with van der Waals surface area (Å²) in [6.07, 6.45) is -4.49. The van der Waals surface area contributed by atoms with Gasteiger partial charge in [0.2, 0.25) is 0 Å². The van der Waals surface area contributed by atoms with Gasteiger partial charge in [-0.15, -0.1) is 0 Å². The van der Waals surface area contributed by atoms with Gasteiger partial charge in [0.05, 0.1) is 10.0 Å². The number of benzene rings is 2. The molecule has 0 unspecified atom stereocenters. The van der Waals surface area contributed by atoms with Crippen molar-refractivity contribution in [2.75, 3.05) is 0 Å². The molecule has 0 N–H and O–H groups in total. The number of halogens is 5. The highest BCUT2D eigenvalue weighted by atomic mass is 79.9. The Morgan fingerprint density at radius 3 is 2.05 bits per heavy atom. The van der Waals surface area contributed by atoms with Crippen molar-refractivity contribution in [3.8, 4) is 0 Å². The zero-order valence-corrected chi connectivity index (χ0v) is 11.7. The van der Waals surface area contributed by atoms with Crippen LogP contribution in [0, 0.1) is 0 Å². The lowest BCUT2D eigenvalue weighted by Crippen LogP contribution is -2.04. The fourth-order valence-electron chi connectivity index (χ4n) is 1.67. The van der Waals surface area contributed by atoms with Gasteiger partial charge in [-0.05, 0) is 33.6 Å². The standard InChI is InChI=1S/C15H9BrF4/c16-13(10-5-2-1-3-6-10)14(17)11-7-4-8-12(9-11)15(18,19)20/h1-9H/b14-13-. The Labute approximate surface area is 121 Å². The fourth-order valence-corrected chi connectivity index (χ4v) is 2.16. The minimum Gasteiger partial charge on any atom is -0.205 e. The van der Waals surface area contributed by atoms with Crippen molar-refractivity contribution in [2.45, 2.75) is 6.18 Å². The Kier molecular flexibility index (Phi) is 4.28. The van der Waals surface area contributed by atoms with Gasteiger partial charge in [-0.2, -0.15) is 13.2 Å². The average molecular weight is 345 g/mol. The van der Waals surface area contributed by atoms with Gasteiger partial charge in [0.25, 0.3) is 0 Å². The minimum absolute atomic E-state index is 0.115. The van der Waals surface area contributed by atoms with Gasteiger partial charge in [-0.25, -0.2) is 4.39 Å². The SMILES string of the molecule is F/C(=C(\Br)c1ccccc1)c1cccc(C(F)(F)F)c1. The van der Waals surface area contributed by atoms with Crippen LogP contribution >= 0.6 is 15.9 Å². The van der Waals surface area contributed by atoms with E-state index >= 15 is 0 Å². The summed E-state index contributed by atoms with van der Waals surface area (Å²) in [6, 6.07) is 12.7. The fraction of sp³-hybridized carbons (Fsp3) is 0.0667. The summed E-state index contributed by atoms with van der Waals surface area (Å²) < 4.78 is 52.2. The lowest BCUT2D eigenvalue weighted by atomic mass is 10.1. The van der Waals surface area contributed by atoms with Crippen molar-refractivity contribution < 1.29 is 17.6 Å². The van der Waals surface area contributed by atoms with Crippen LogP contribution in [0.2, 0.25) is 0 Å². The maximum atomic E-state index is 14.2. The molecule has 5 heteroatoms. The predicted octanol–water partition coefficient (Wildman–Crippen LogP) is 5.90. The van der Waals surface area contributed by atoms with Gasteiger partial charge < -0.3 is 0 Å². The van der Waals surface area contributed by atoms with E-state index in [1.807, 2.05) is 0 Å². The highest BCUT2D eigenvalue weighted by Gasteiger charge is 2.30. The number of hydrogen-bond acceptors (Lipinski definition) is 0. The second kappa shape index (κ2) is 5.79. The second-order valence-electron chi connectivity index (χ2n) is 4.07. The van der Waals surface area contributed by atoms with E-state index in [9.17, 15) is 17.6 Å². The highest BCUT2D eigenvalue weighted by Crippen LogP contribution is 2.35. The number of hydrogen-bond donors (Lipinski definition) is 0. The number of alkyl halides is 3. The lowest BCUT2D eigenvalue weighted by Gasteiger charge is -2.09. The number of rotatable bonds is 2. The molecule has 0 nitrogen and oxygen atoms in total. The van der Waals surface area contributed by atoms with Crippen LogP contribution in [0.25, 0.3) is 10.3 Å². The van der Waals surface area contributed by atoms with E-state index in [4.69, 9.17) is 0 Å². The van der Waals surface area contributed by atoms with Crippen LogP contribution in [0.1, 0.15) is 16.7 Å². The Bertz CT molecular complexity index is 630. The minimum atomic E-state index is -4.49. The van der Waals surface area contributed by atoms with Crippen molar-refractivity contribution >= 4 is 26.2 Å². The van der Waals surface area contributed by atoms with E-state index in [-0.39, 0.29) is 10.0 Å². The molecule has 0 aliphatic heterocycles. The lowest BCUT2D eigenvalue weighted by molar-refractivity contribution is -0.137. The zero-order valence-electron chi connectivity index (χ0n) is 10.1. The first-order valence-corrected chi connectivity index (χ1v) is 6.47. The van der Waals surface area contributed by atoms with Crippen LogP contribution in [-0.2, 0) is 6.18 Å². The Morgan fingerprint density at radius 2 is 1.45 bits per heavy atom. The van der Waals surface area contributed by atoms with Crippen LogP contribution in [0.5, 0.6) is 0 Å². The molecule has 2 aromatic carbocycles. The van der Waals surface area contributed by atoms with Crippen LogP contribution in [0.15, 0.2) is 54.6 Å². The molecule has 0 aliphatic carbocycles. The molecular formula is C15H9BrF4. The smallest absolute Gasteiger partial charge is 0.205 e. The van der Waals surface area contributed by atoms with E-state index in [2.05, 4.69) is 15.9 Å². The maximum Gasteiger partial charge on any atom is 0.416 e. The average Bonchev–Trinajstić information content (AvgIpc) is 2.46. The largest absolute Gasteiger partial charge is 0.416 e. The Hall–Kier alpha value is -1.62. The Balaban J connectivity index is 2.46. The summed E-state index contributed by atoms with van der Waals surface area (Å²) in [5, 5.41) is 0. The van der Waals surface area contributed by atoms with E-state index in [1.54, 1.807) is 30.3 Å². The molecule has 2 rings (SSSR count).